The summed E-state index contributed by atoms with van der Waals surface area (Å²) in [5.74, 6) is -0.945. The van der Waals surface area contributed by atoms with Crippen molar-refractivity contribution in [3.8, 4) is 0 Å². The standard InChI is InChI=1S/C12H14ClNO5/c1-3-19-12(15)10(14(16)17)11(18-2)8-6-4-5-7-9(8)13/h4-7,10-11H,3H2,1-2H3. The molecule has 0 bridgehead atoms. The molecule has 19 heavy (non-hydrogen) atoms. The zero-order valence-electron chi connectivity index (χ0n) is 10.5. The van der Waals surface area contributed by atoms with Crippen LogP contribution in [0.1, 0.15) is 18.6 Å². The van der Waals surface area contributed by atoms with Crippen LogP contribution in [-0.2, 0) is 14.3 Å². The maximum Gasteiger partial charge on any atom is 0.384 e. The first-order valence-electron chi connectivity index (χ1n) is 5.60. The third-order valence-electron chi connectivity index (χ3n) is 2.51. The summed E-state index contributed by atoms with van der Waals surface area (Å²) in [5.41, 5.74) is 0.376. The maximum atomic E-state index is 11.7. The van der Waals surface area contributed by atoms with Gasteiger partial charge in [-0.15, -0.1) is 0 Å². The molecule has 0 radical (unpaired) electrons. The molecule has 0 amide bonds. The molecule has 104 valence electrons. The van der Waals surface area contributed by atoms with E-state index in [2.05, 4.69) is 0 Å². The lowest BCUT2D eigenvalue weighted by Gasteiger charge is -2.19. The van der Waals surface area contributed by atoms with Gasteiger partial charge < -0.3 is 9.47 Å². The van der Waals surface area contributed by atoms with Crippen molar-refractivity contribution in [2.45, 2.75) is 19.1 Å². The fraction of sp³-hybridized carbons (Fsp3) is 0.417. The Hall–Kier alpha value is -1.66. The highest BCUT2D eigenvalue weighted by Crippen LogP contribution is 2.29. The van der Waals surface area contributed by atoms with Crippen LogP contribution in [0.3, 0.4) is 0 Å². The minimum Gasteiger partial charge on any atom is -0.461 e. The van der Waals surface area contributed by atoms with E-state index in [1.807, 2.05) is 0 Å². The molecular weight excluding hydrogens is 274 g/mol. The minimum atomic E-state index is -1.65. The summed E-state index contributed by atoms with van der Waals surface area (Å²) in [7, 11) is 1.28. The van der Waals surface area contributed by atoms with Crippen molar-refractivity contribution in [1.82, 2.24) is 0 Å². The molecule has 0 saturated carbocycles. The number of nitro groups is 1. The van der Waals surface area contributed by atoms with Crippen LogP contribution < -0.4 is 0 Å². The van der Waals surface area contributed by atoms with Crippen molar-refractivity contribution in [1.29, 1.82) is 0 Å². The minimum absolute atomic E-state index is 0.0577. The van der Waals surface area contributed by atoms with E-state index in [1.165, 1.54) is 7.11 Å². The van der Waals surface area contributed by atoms with E-state index in [9.17, 15) is 14.9 Å². The Morgan fingerprint density at radius 3 is 2.58 bits per heavy atom. The molecule has 6 nitrogen and oxygen atoms in total. The number of esters is 1. The van der Waals surface area contributed by atoms with Crippen molar-refractivity contribution in [2.75, 3.05) is 13.7 Å². The second-order valence-corrected chi connectivity index (χ2v) is 4.07. The van der Waals surface area contributed by atoms with Gasteiger partial charge >= 0.3 is 12.0 Å². The highest BCUT2D eigenvalue weighted by molar-refractivity contribution is 6.31. The molecule has 0 aliphatic rings. The van der Waals surface area contributed by atoms with Crippen LogP contribution in [-0.4, -0.2) is 30.7 Å². The number of rotatable bonds is 6. The molecule has 0 aliphatic carbocycles. The first kappa shape index (κ1) is 15.4. The van der Waals surface area contributed by atoms with Gasteiger partial charge in [0.1, 0.15) is 0 Å². The lowest BCUT2D eigenvalue weighted by molar-refractivity contribution is -0.523. The molecule has 2 atom stereocenters. The third kappa shape index (κ3) is 3.65. The van der Waals surface area contributed by atoms with Crippen molar-refractivity contribution in [2.24, 2.45) is 0 Å². The Morgan fingerprint density at radius 2 is 2.11 bits per heavy atom. The zero-order chi connectivity index (χ0) is 14.4. The third-order valence-corrected chi connectivity index (χ3v) is 2.85. The van der Waals surface area contributed by atoms with Gasteiger partial charge in [-0.3, -0.25) is 10.1 Å². The summed E-state index contributed by atoms with van der Waals surface area (Å²) in [6.07, 6.45) is -1.09. The Morgan fingerprint density at radius 1 is 1.47 bits per heavy atom. The van der Waals surface area contributed by atoms with Gasteiger partial charge in [-0.1, -0.05) is 29.8 Å². The molecule has 0 fully saturated rings. The van der Waals surface area contributed by atoms with E-state index < -0.39 is 23.0 Å². The molecule has 0 N–H and O–H groups in total. The van der Waals surface area contributed by atoms with Crippen LogP contribution in [0.4, 0.5) is 0 Å². The molecule has 2 unspecified atom stereocenters. The summed E-state index contributed by atoms with van der Waals surface area (Å²) in [6.45, 7) is 1.63. The number of methoxy groups -OCH3 is 1. The number of hydrogen-bond acceptors (Lipinski definition) is 5. The molecule has 0 saturated heterocycles. The van der Waals surface area contributed by atoms with E-state index in [4.69, 9.17) is 21.1 Å². The highest BCUT2D eigenvalue weighted by Gasteiger charge is 2.42. The molecule has 7 heteroatoms. The van der Waals surface area contributed by atoms with Crippen LogP contribution in [0.25, 0.3) is 0 Å². The predicted octanol–water partition coefficient (Wildman–Crippen LogP) is 2.24. The van der Waals surface area contributed by atoms with E-state index in [-0.39, 0.29) is 6.61 Å². The van der Waals surface area contributed by atoms with Crippen LogP contribution in [0.2, 0.25) is 5.02 Å². The number of ether oxygens (including phenoxy) is 2. The Labute approximate surface area is 115 Å². The lowest BCUT2D eigenvalue weighted by atomic mass is 10.0. The summed E-state index contributed by atoms with van der Waals surface area (Å²) in [5, 5.41) is 11.4. The van der Waals surface area contributed by atoms with Crippen molar-refractivity contribution < 1.29 is 19.2 Å². The number of benzene rings is 1. The number of nitrogens with zero attached hydrogens (tertiary/aromatic N) is 1. The molecular formula is C12H14ClNO5. The molecule has 0 aliphatic heterocycles. The van der Waals surface area contributed by atoms with Gasteiger partial charge in [-0.2, -0.15) is 0 Å². The van der Waals surface area contributed by atoms with Crippen LogP contribution >= 0.6 is 11.6 Å². The van der Waals surface area contributed by atoms with Gasteiger partial charge in [0.25, 0.3) is 0 Å². The molecule has 0 aromatic heterocycles. The average Bonchev–Trinajstić information content (AvgIpc) is 2.36. The number of carbonyl (C=O) groups excluding carboxylic acids is 1. The first-order chi connectivity index (χ1) is 9.02. The molecule has 1 rings (SSSR count). The summed E-state index contributed by atoms with van der Waals surface area (Å²) in [6, 6.07) is 4.85. The first-order valence-corrected chi connectivity index (χ1v) is 5.98. The second kappa shape index (κ2) is 7.06. The fourth-order valence-corrected chi connectivity index (χ4v) is 1.92. The van der Waals surface area contributed by atoms with E-state index in [1.54, 1.807) is 31.2 Å². The average molecular weight is 288 g/mol. The van der Waals surface area contributed by atoms with Gasteiger partial charge in [0.15, 0.2) is 6.10 Å². The van der Waals surface area contributed by atoms with Crippen molar-refractivity contribution >= 4 is 17.6 Å². The number of hydrogen-bond donors (Lipinski definition) is 0. The van der Waals surface area contributed by atoms with Gasteiger partial charge in [-0.05, 0) is 13.0 Å². The molecule has 1 aromatic rings. The summed E-state index contributed by atoms with van der Waals surface area (Å²) >= 11 is 5.97. The summed E-state index contributed by atoms with van der Waals surface area (Å²) < 4.78 is 9.79. The second-order valence-electron chi connectivity index (χ2n) is 3.66. The van der Waals surface area contributed by atoms with Crippen molar-refractivity contribution in [3.05, 3.63) is 45.0 Å². The highest BCUT2D eigenvalue weighted by atomic mass is 35.5. The van der Waals surface area contributed by atoms with Gasteiger partial charge in [0.2, 0.25) is 0 Å². The molecule has 0 heterocycles. The Bertz CT molecular complexity index is 465. The topological polar surface area (TPSA) is 78.7 Å². The van der Waals surface area contributed by atoms with Crippen LogP contribution in [0, 0.1) is 10.1 Å². The van der Waals surface area contributed by atoms with Gasteiger partial charge in [0, 0.05) is 22.6 Å². The zero-order valence-corrected chi connectivity index (χ0v) is 11.3. The van der Waals surface area contributed by atoms with E-state index in [0.29, 0.717) is 10.6 Å². The normalized spacial score (nSPS) is 13.6. The maximum absolute atomic E-state index is 11.7. The molecule has 0 spiro atoms. The Balaban J connectivity index is 3.14. The molecule has 1 aromatic carbocycles. The van der Waals surface area contributed by atoms with Crippen LogP contribution in [0.5, 0.6) is 0 Å². The summed E-state index contributed by atoms with van der Waals surface area (Å²) in [4.78, 5) is 22.0. The van der Waals surface area contributed by atoms with Crippen LogP contribution in [0.15, 0.2) is 24.3 Å². The van der Waals surface area contributed by atoms with Gasteiger partial charge in [-0.25, -0.2) is 4.79 Å². The number of halogens is 1. The lowest BCUT2D eigenvalue weighted by Crippen LogP contribution is -2.38. The van der Waals surface area contributed by atoms with E-state index >= 15 is 0 Å². The van der Waals surface area contributed by atoms with Gasteiger partial charge in [0.05, 0.1) is 6.61 Å². The Kier molecular flexibility index (Phi) is 5.72. The smallest absolute Gasteiger partial charge is 0.384 e. The quantitative estimate of drug-likeness (QED) is 0.455. The number of carbonyl (C=O) groups is 1. The predicted molar refractivity (Wildman–Crippen MR) is 68.6 cm³/mol. The van der Waals surface area contributed by atoms with Crippen molar-refractivity contribution in [3.63, 3.8) is 0 Å². The largest absolute Gasteiger partial charge is 0.461 e. The van der Waals surface area contributed by atoms with E-state index in [0.717, 1.165) is 0 Å². The fourth-order valence-electron chi connectivity index (χ4n) is 1.68. The monoisotopic (exact) mass is 287 g/mol. The SMILES string of the molecule is CCOC(=O)C(C(OC)c1ccccc1Cl)[N+](=O)[O-].